The molecule has 0 aliphatic carbocycles. The third-order valence-corrected chi connectivity index (χ3v) is 4.13. The zero-order chi connectivity index (χ0) is 20.4. The molecule has 0 unspecified atom stereocenters. The third-order valence-electron chi connectivity index (χ3n) is 4.13. The fourth-order valence-corrected chi connectivity index (χ4v) is 2.66. The number of methoxy groups -OCH3 is 3. The number of carbonyl (C=O) groups excluding carboxylic acids is 2. The highest BCUT2D eigenvalue weighted by Gasteiger charge is 2.13. The van der Waals surface area contributed by atoms with Crippen LogP contribution < -0.4 is 20.1 Å². The van der Waals surface area contributed by atoms with Crippen molar-refractivity contribution in [2.24, 2.45) is 0 Å². The average molecular weight is 386 g/mol. The Hall–Kier alpha value is -3.06. The largest absolute Gasteiger partial charge is 0.493 e. The smallest absolute Gasteiger partial charge is 0.253 e. The van der Waals surface area contributed by atoms with Crippen molar-refractivity contribution in [3.63, 3.8) is 0 Å². The van der Waals surface area contributed by atoms with Crippen LogP contribution in [-0.2, 0) is 16.0 Å². The van der Waals surface area contributed by atoms with E-state index in [1.807, 2.05) is 18.2 Å². The molecule has 0 saturated heterocycles. The zero-order valence-corrected chi connectivity index (χ0v) is 16.4. The Morgan fingerprint density at radius 1 is 0.964 bits per heavy atom. The van der Waals surface area contributed by atoms with Crippen LogP contribution in [0.4, 0.5) is 5.69 Å². The topological polar surface area (TPSA) is 85.9 Å². The van der Waals surface area contributed by atoms with Crippen LogP contribution in [0.2, 0.25) is 0 Å². The van der Waals surface area contributed by atoms with E-state index in [1.54, 1.807) is 45.6 Å². The quantitative estimate of drug-likeness (QED) is 0.613. The maximum absolute atomic E-state index is 12.4. The lowest BCUT2D eigenvalue weighted by Crippen LogP contribution is -2.28. The molecule has 0 fully saturated rings. The van der Waals surface area contributed by atoms with Crippen LogP contribution in [0.5, 0.6) is 11.5 Å². The number of benzene rings is 2. The van der Waals surface area contributed by atoms with Gasteiger partial charge in [0.1, 0.15) is 0 Å². The summed E-state index contributed by atoms with van der Waals surface area (Å²) in [6, 6.07) is 12.5. The van der Waals surface area contributed by atoms with Gasteiger partial charge in [-0.3, -0.25) is 9.59 Å². The molecule has 0 atom stereocenters. The number of para-hydroxylation sites is 1. The zero-order valence-electron chi connectivity index (χ0n) is 16.4. The summed E-state index contributed by atoms with van der Waals surface area (Å²) in [7, 11) is 4.72. The molecule has 150 valence electrons. The molecule has 0 aliphatic heterocycles. The molecule has 0 radical (unpaired) electrons. The van der Waals surface area contributed by atoms with Crippen molar-refractivity contribution >= 4 is 17.5 Å². The molecular weight excluding hydrogens is 360 g/mol. The van der Waals surface area contributed by atoms with Gasteiger partial charge in [0, 0.05) is 20.1 Å². The minimum absolute atomic E-state index is 0.174. The van der Waals surface area contributed by atoms with E-state index < -0.39 is 0 Å². The molecule has 2 rings (SSSR count). The Labute approximate surface area is 165 Å². The lowest BCUT2D eigenvalue weighted by Gasteiger charge is -2.12. The Morgan fingerprint density at radius 3 is 2.43 bits per heavy atom. The molecular formula is C21H26N2O5. The van der Waals surface area contributed by atoms with Crippen molar-refractivity contribution in [2.45, 2.75) is 12.8 Å². The minimum Gasteiger partial charge on any atom is -0.493 e. The summed E-state index contributed by atoms with van der Waals surface area (Å²) in [6.07, 6.45) is 0.809. The van der Waals surface area contributed by atoms with Gasteiger partial charge in [-0.25, -0.2) is 0 Å². The second-order valence-electron chi connectivity index (χ2n) is 6.03. The van der Waals surface area contributed by atoms with Gasteiger partial charge in [0.05, 0.1) is 32.1 Å². The van der Waals surface area contributed by atoms with Gasteiger partial charge in [-0.05, 0) is 36.2 Å². The maximum Gasteiger partial charge on any atom is 0.253 e. The molecule has 2 N–H and O–H groups in total. The van der Waals surface area contributed by atoms with Crippen molar-refractivity contribution in [1.82, 2.24) is 5.32 Å². The maximum atomic E-state index is 12.4. The second-order valence-corrected chi connectivity index (χ2v) is 6.03. The van der Waals surface area contributed by atoms with Crippen LogP contribution in [-0.4, -0.2) is 46.3 Å². The number of ether oxygens (including phenoxy) is 3. The van der Waals surface area contributed by atoms with E-state index in [0.29, 0.717) is 42.3 Å². The van der Waals surface area contributed by atoms with E-state index in [1.165, 1.54) is 0 Å². The number of rotatable bonds is 10. The van der Waals surface area contributed by atoms with Crippen LogP contribution in [0.15, 0.2) is 42.5 Å². The second kappa shape index (κ2) is 10.9. The van der Waals surface area contributed by atoms with Crippen molar-refractivity contribution in [1.29, 1.82) is 0 Å². The predicted molar refractivity (Wildman–Crippen MR) is 107 cm³/mol. The van der Waals surface area contributed by atoms with Gasteiger partial charge in [0.25, 0.3) is 5.91 Å². The number of hydrogen-bond donors (Lipinski definition) is 2. The molecule has 0 bridgehead atoms. The molecule has 0 aliphatic rings. The molecule has 0 spiro atoms. The minimum atomic E-state index is -0.257. The summed E-state index contributed by atoms with van der Waals surface area (Å²) >= 11 is 0. The first-order valence-electron chi connectivity index (χ1n) is 8.96. The molecule has 2 aromatic carbocycles. The van der Waals surface area contributed by atoms with Gasteiger partial charge < -0.3 is 24.8 Å². The van der Waals surface area contributed by atoms with Crippen LogP contribution in [0.1, 0.15) is 22.3 Å². The van der Waals surface area contributed by atoms with E-state index >= 15 is 0 Å². The highest BCUT2D eigenvalue weighted by atomic mass is 16.5. The van der Waals surface area contributed by atoms with Gasteiger partial charge in [-0.1, -0.05) is 18.2 Å². The molecule has 2 aromatic rings. The van der Waals surface area contributed by atoms with E-state index in [9.17, 15) is 9.59 Å². The van der Waals surface area contributed by atoms with Crippen LogP contribution in [0.3, 0.4) is 0 Å². The van der Waals surface area contributed by atoms with Gasteiger partial charge in [-0.15, -0.1) is 0 Å². The Kier molecular flexibility index (Phi) is 8.30. The number of hydrogen-bond acceptors (Lipinski definition) is 5. The Balaban J connectivity index is 1.97. The monoisotopic (exact) mass is 386 g/mol. The van der Waals surface area contributed by atoms with Crippen LogP contribution >= 0.6 is 0 Å². The van der Waals surface area contributed by atoms with Crippen molar-refractivity contribution < 1.29 is 23.8 Å². The summed E-state index contributed by atoms with van der Waals surface area (Å²) in [5.74, 6) is 0.836. The van der Waals surface area contributed by atoms with Crippen molar-refractivity contribution in [3.8, 4) is 11.5 Å². The van der Waals surface area contributed by atoms with Gasteiger partial charge >= 0.3 is 0 Å². The average Bonchev–Trinajstić information content (AvgIpc) is 2.72. The highest BCUT2D eigenvalue weighted by Crippen LogP contribution is 2.28. The molecule has 0 aromatic heterocycles. The molecule has 28 heavy (non-hydrogen) atoms. The predicted octanol–water partition coefficient (Wildman–Crippen LogP) is 2.65. The highest BCUT2D eigenvalue weighted by molar-refractivity contribution is 6.03. The Morgan fingerprint density at radius 2 is 1.71 bits per heavy atom. The lowest BCUT2D eigenvalue weighted by atomic mass is 10.1. The number of amides is 2. The standard InChI is InChI=1S/C21H26N2O5/c1-26-13-12-22-21(25)16-6-4-5-7-17(16)23-20(24)11-9-15-8-10-18(27-2)19(14-15)28-3/h4-8,10,14H,9,11-13H2,1-3H3,(H,22,25)(H,23,24). The normalized spacial score (nSPS) is 10.2. The summed E-state index contributed by atoms with van der Waals surface area (Å²) in [4.78, 5) is 24.7. The first-order valence-corrected chi connectivity index (χ1v) is 8.96. The number of carbonyl (C=O) groups is 2. The number of aryl methyl sites for hydroxylation is 1. The molecule has 0 saturated carbocycles. The van der Waals surface area contributed by atoms with Crippen LogP contribution in [0, 0.1) is 0 Å². The van der Waals surface area contributed by atoms with E-state index in [0.717, 1.165) is 5.56 Å². The van der Waals surface area contributed by atoms with Crippen LogP contribution in [0.25, 0.3) is 0 Å². The molecule has 7 heteroatoms. The molecule has 7 nitrogen and oxygen atoms in total. The van der Waals surface area contributed by atoms with Gasteiger partial charge in [0.15, 0.2) is 11.5 Å². The van der Waals surface area contributed by atoms with Crippen molar-refractivity contribution in [3.05, 3.63) is 53.6 Å². The first-order chi connectivity index (χ1) is 13.6. The fraction of sp³-hybridized carbons (Fsp3) is 0.333. The summed E-state index contributed by atoms with van der Waals surface area (Å²) < 4.78 is 15.4. The summed E-state index contributed by atoms with van der Waals surface area (Å²) in [6.45, 7) is 0.822. The molecule has 2 amide bonds. The molecule has 0 heterocycles. The fourth-order valence-electron chi connectivity index (χ4n) is 2.66. The SMILES string of the molecule is COCCNC(=O)c1ccccc1NC(=O)CCc1ccc(OC)c(OC)c1. The van der Waals surface area contributed by atoms with E-state index in [2.05, 4.69) is 10.6 Å². The summed E-state index contributed by atoms with van der Waals surface area (Å²) in [5.41, 5.74) is 1.85. The van der Waals surface area contributed by atoms with Crippen molar-refractivity contribution in [2.75, 3.05) is 39.8 Å². The van der Waals surface area contributed by atoms with Gasteiger partial charge in [-0.2, -0.15) is 0 Å². The third kappa shape index (κ3) is 5.99. The van der Waals surface area contributed by atoms with E-state index in [4.69, 9.17) is 14.2 Å². The number of nitrogens with one attached hydrogen (secondary N) is 2. The Bertz CT molecular complexity index is 807. The first kappa shape index (κ1) is 21.2. The number of anilines is 1. The van der Waals surface area contributed by atoms with Gasteiger partial charge in [0.2, 0.25) is 5.91 Å². The van der Waals surface area contributed by atoms with E-state index in [-0.39, 0.29) is 18.2 Å². The lowest BCUT2D eigenvalue weighted by molar-refractivity contribution is -0.116. The summed E-state index contributed by atoms with van der Waals surface area (Å²) in [5, 5.41) is 5.57.